The van der Waals surface area contributed by atoms with Gasteiger partial charge in [0.2, 0.25) is 0 Å². The van der Waals surface area contributed by atoms with Crippen LogP contribution < -0.4 is 9.64 Å². The number of quaternary nitrogens is 1. The van der Waals surface area contributed by atoms with Gasteiger partial charge in [0.1, 0.15) is 50.3 Å². The number of para-hydroxylation sites is 1. The fourth-order valence-corrected chi connectivity index (χ4v) is 2.66. The molecular formula is C15H24NO3+. The summed E-state index contributed by atoms with van der Waals surface area (Å²) in [4.78, 5) is 1.38. The molecular weight excluding hydrogens is 242 g/mol. The van der Waals surface area contributed by atoms with Crippen LogP contribution in [-0.2, 0) is 4.74 Å². The summed E-state index contributed by atoms with van der Waals surface area (Å²) in [5.74, 6) is 0.806. The summed E-state index contributed by atoms with van der Waals surface area (Å²) < 4.78 is 11.3. The first-order valence-corrected chi connectivity index (χ1v) is 6.98. The van der Waals surface area contributed by atoms with Crippen molar-refractivity contribution in [3.8, 4) is 5.75 Å². The molecule has 1 saturated heterocycles. The van der Waals surface area contributed by atoms with Crippen molar-refractivity contribution >= 4 is 0 Å². The minimum absolute atomic E-state index is 0.265. The van der Waals surface area contributed by atoms with E-state index in [4.69, 9.17) is 9.47 Å². The summed E-state index contributed by atoms with van der Waals surface area (Å²) in [6, 6.07) is 9.61. The van der Waals surface area contributed by atoms with Crippen molar-refractivity contribution in [2.45, 2.75) is 32.2 Å². The topological polar surface area (TPSA) is 43.1 Å². The molecule has 0 radical (unpaired) electrons. The Morgan fingerprint density at radius 1 is 1.26 bits per heavy atom. The number of hydrogen-bond donors (Lipinski definition) is 2. The predicted molar refractivity (Wildman–Crippen MR) is 73.5 cm³/mol. The summed E-state index contributed by atoms with van der Waals surface area (Å²) in [5, 5.41) is 10.0. The number of ether oxygens (including phenoxy) is 2. The second kappa shape index (κ2) is 6.89. The molecule has 1 aliphatic heterocycles. The SMILES string of the molecule is C[C@H]1C[NH+](C[C@H](O)COc2ccccc2)C[C@H](C)O1. The van der Waals surface area contributed by atoms with Crippen molar-refractivity contribution < 1.29 is 19.5 Å². The second-order valence-electron chi connectivity index (χ2n) is 5.40. The maximum absolute atomic E-state index is 10.0. The molecule has 1 aliphatic rings. The van der Waals surface area contributed by atoms with Gasteiger partial charge in [-0.2, -0.15) is 0 Å². The van der Waals surface area contributed by atoms with Gasteiger partial charge in [-0.1, -0.05) is 18.2 Å². The van der Waals surface area contributed by atoms with E-state index in [1.807, 2.05) is 30.3 Å². The summed E-state index contributed by atoms with van der Waals surface area (Å²) in [7, 11) is 0. The molecule has 4 heteroatoms. The van der Waals surface area contributed by atoms with E-state index in [1.54, 1.807) is 0 Å². The zero-order valence-electron chi connectivity index (χ0n) is 11.7. The van der Waals surface area contributed by atoms with E-state index in [0.29, 0.717) is 13.2 Å². The molecule has 0 aliphatic carbocycles. The van der Waals surface area contributed by atoms with Crippen LogP contribution in [0.5, 0.6) is 5.75 Å². The standard InChI is InChI=1S/C15H23NO3/c1-12-8-16(9-13(2)19-12)10-14(17)11-18-15-6-4-3-5-7-15/h3-7,12-14,17H,8-11H2,1-2H3/p+1/t12-,13-,14-/m0/s1. The van der Waals surface area contributed by atoms with Crippen LogP contribution in [0.4, 0.5) is 0 Å². The van der Waals surface area contributed by atoms with E-state index in [-0.39, 0.29) is 12.2 Å². The third kappa shape index (κ3) is 4.82. The van der Waals surface area contributed by atoms with Crippen LogP contribution in [0.2, 0.25) is 0 Å². The predicted octanol–water partition coefficient (Wildman–Crippen LogP) is 0.118. The van der Waals surface area contributed by atoms with Gasteiger partial charge in [0, 0.05) is 0 Å². The van der Waals surface area contributed by atoms with Crippen LogP contribution in [-0.4, -0.2) is 49.7 Å². The molecule has 0 bridgehead atoms. The Balaban J connectivity index is 1.73. The van der Waals surface area contributed by atoms with Crippen molar-refractivity contribution in [2.75, 3.05) is 26.2 Å². The summed E-state index contributed by atoms with van der Waals surface area (Å²) in [6.45, 7) is 7.13. The highest BCUT2D eigenvalue weighted by atomic mass is 16.5. The minimum Gasteiger partial charge on any atom is -0.491 e. The van der Waals surface area contributed by atoms with Crippen LogP contribution in [0.15, 0.2) is 30.3 Å². The van der Waals surface area contributed by atoms with Gasteiger partial charge in [-0.25, -0.2) is 0 Å². The highest BCUT2D eigenvalue weighted by Gasteiger charge is 2.27. The number of rotatable bonds is 5. The normalized spacial score (nSPS) is 28.9. The number of morpholine rings is 1. The molecule has 0 amide bonds. The van der Waals surface area contributed by atoms with Crippen molar-refractivity contribution in [1.29, 1.82) is 0 Å². The molecule has 4 nitrogen and oxygen atoms in total. The van der Waals surface area contributed by atoms with Gasteiger partial charge in [-0.3, -0.25) is 0 Å². The average molecular weight is 266 g/mol. The fraction of sp³-hybridized carbons (Fsp3) is 0.600. The molecule has 2 N–H and O–H groups in total. The van der Waals surface area contributed by atoms with Gasteiger partial charge in [0.05, 0.1) is 0 Å². The largest absolute Gasteiger partial charge is 0.491 e. The third-order valence-corrected chi connectivity index (χ3v) is 3.33. The Morgan fingerprint density at radius 2 is 1.89 bits per heavy atom. The quantitative estimate of drug-likeness (QED) is 0.795. The molecule has 3 atom stereocenters. The van der Waals surface area contributed by atoms with Crippen molar-refractivity contribution in [2.24, 2.45) is 0 Å². The van der Waals surface area contributed by atoms with Gasteiger partial charge in [0.15, 0.2) is 0 Å². The Kier molecular flexibility index (Phi) is 5.19. The fourth-order valence-electron chi connectivity index (χ4n) is 2.66. The maximum Gasteiger partial charge on any atom is 0.137 e. The Morgan fingerprint density at radius 3 is 2.53 bits per heavy atom. The van der Waals surface area contributed by atoms with E-state index < -0.39 is 6.10 Å². The van der Waals surface area contributed by atoms with E-state index >= 15 is 0 Å². The molecule has 2 rings (SSSR count). The summed E-state index contributed by atoms with van der Waals surface area (Å²) in [5.41, 5.74) is 0. The molecule has 1 heterocycles. The lowest BCUT2D eigenvalue weighted by molar-refractivity contribution is -0.918. The van der Waals surface area contributed by atoms with Gasteiger partial charge >= 0.3 is 0 Å². The number of hydrogen-bond acceptors (Lipinski definition) is 3. The summed E-state index contributed by atoms with van der Waals surface area (Å²) >= 11 is 0. The van der Waals surface area contributed by atoms with Crippen molar-refractivity contribution in [1.82, 2.24) is 0 Å². The lowest BCUT2D eigenvalue weighted by Gasteiger charge is -2.33. The first-order valence-electron chi connectivity index (χ1n) is 6.98. The van der Waals surface area contributed by atoms with E-state index in [2.05, 4.69) is 13.8 Å². The van der Waals surface area contributed by atoms with E-state index in [0.717, 1.165) is 18.8 Å². The zero-order chi connectivity index (χ0) is 13.7. The lowest BCUT2D eigenvalue weighted by Crippen LogP contribution is -3.16. The van der Waals surface area contributed by atoms with E-state index in [1.165, 1.54) is 4.90 Å². The van der Waals surface area contributed by atoms with Gasteiger partial charge in [-0.15, -0.1) is 0 Å². The molecule has 0 unspecified atom stereocenters. The number of benzene rings is 1. The zero-order valence-corrected chi connectivity index (χ0v) is 11.7. The average Bonchev–Trinajstić information content (AvgIpc) is 2.36. The highest BCUT2D eigenvalue weighted by molar-refractivity contribution is 5.20. The molecule has 1 aromatic rings. The van der Waals surface area contributed by atoms with Crippen LogP contribution in [0, 0.1) is 0 Å². The molecule has 0 saturated carbocycles. The number of aliphatic hydroxyl groups is 1. The second-order valence-corrected chi connectivity index (χ2v) is 5.40. The smallest absolute Gasteiger partial charge is 0.137 e. The van der Waals surface area contributed by atoms with Gasteiger partial charge in [-0.05, 0) is 26.0 Å². The summed E-state index contributed by atoms with van der Waals surface area (Å²) in [6.07, 6.45) is 0.0923. The molecule has 19 heavy (non-hydrogen) atoms. The van der Waals surface area contributed by atoms with Gasteiger partial charge in [0.25, 0.3) is 0 Å². The molecule has 1 aromatic carbocycles. The Bertz CT molecular complexity index is 361. The van der Waals surface area contributed by atoms with Gasteiger partial charge < -0.3 is 19.5 Å². The van der Waals surface area contributed by atoms with Crippen LogP contribution in [0.3, 0.4) is 0 Å². The van der Waals surface area contributed by atoms with E-state index in [9.17, 15) is 5.11 Å². The Hall–Kier alpha value is -1.10. The Labute approximate surface area is 114 Å². The van der Waals surface area contributed by atoms with Crippen molar-refractivity contribution in [3.63, 3.8) is 0 Å². The van der Waals surface area contributed by atoms with Crippen LogP contribution in [0.1, 0.15) is 13.8 Å². The number of aliphatic hydroxyl groups excluding tert-OH is 1. The van der Waals surface area contributed by atoms with Crippen molar-refractivity contribution in [3.05, 3.63) is 30.3 Å². The first kappa shape index (κ1) is 14.3. The van der Waals surface area contributed by atoms with Crippen LogP contribution >= 0.6 is 0 Å². The molecule has 0 aromatic heterocycles. The molecule has 106 valence electrons. The molecule has 0 spiro atoms. The maximum atomic E-state index is 10.0. The van der Waals surface area contributed by atoms with Crippen LogP contribution in [0.25, 0.3) is 0 Å². The molecule has 1 fully saturated rings. The monoisotopic (exact) mass is 266 g/mol. The minimum atomic E-state index is -0.437. The highest BCUT2D eigenvalue weighted by Crippen LogP contribution is 2.08. The first-order chi connectivity index (χ1) is 9.13. The lowest BCUT2D eigenvalue weighted by atomic mass is 10.2. The third-order valence-electron chi connectivity index (χ3n) is 3.33. The number of nitrogens with one attached hydrogen (secondary N) is 1.